The lowest BCUT2D eigenvalue weighted by Gasteiger charge is -2.23. The number of carbonyl (C=O) groups is 1. The Morgan fingerprint density at radius 3 is 2.94 bits per heavy atom. The van der Waals surface area contributed by atoms with E-state index in [9.17, 15) is 9.90 Å². The van der Waals surface area contributed by atoms with E-state index in [1.54, 1.807) is 6.20 Å². The van der Waals surface area contributed by atoms with Crippen molar-refractivity contribution in [3.05, 3.63) is 52.8 Å². The highest BCUT2D eigenvalue weighted by Crippen LogP contribution is 2.31. The predicted molar refractivity (Wildman–Crippen MR) is 123 cm³/mol. The van der Waals surface area contributed by atoms with Gasteiger partial charge in [0.1, 0.15) is 5.65 Å². The van der Waals surface area contributed by atoms with Crippen LogP contribution >= 0.6 is 0 Å². The first kappa shape index (κ1) is 21.1. The molecule has 2 aromatic heterocycles. The maximum atomic E-state index is 12.9. The summed E-state index contributed by atoms with van der Waals surface area (Å²) in [6.07, 6.45) is 6.50. The largest absolute Gasteiger partial charge is 0.391 e. The number of aliphatic hydroxyl groups is 1. The van der Waals surface area contributed by atoms with Crippen molar-refractivity contribution >= 4 is 16.9 Å². The van der Waals surface area contributed by atoms with Crippen LogP contribution in [0.3, 0.4) is 0 Å². The number of hydrogen-bond acceptors (Lipinski definition) is 5. The molecule has 168 valence electrons. The summed E-state index contributed by atoms with van der Waals surface area (Å²) in [6.45, 7) is 2.24. The molecule has 0 spiro atoms. The summed E-state index contributed by atoms with van der Waals surface area (Å²) < 4.78 is 5.72. The number of aromatic nitrogens is 2. The maximum absolute atomic E-state index is 12.9. The number of amides is 1. The molecule has 5 rings (SSSR count). The minimum absolute atomic E-state index is 0.169. The predicted octanol–water partition coefficient (Wildman–Crippen LogP) is 3.01. The summed E-state index contributed by atoms with van der Waals surface area (Å²) in [5.41, 5.74) is 7.23. The first-order chi connectivity index (χ1) is 15.5. The molecule has 2 aliphatic rings. The molecule has 7 heteroatoms. The fourth-order valence-corrected chi connectivity index (χ4v) is 4.91. The van der Waals surface area contributed by atoms with Gasteiger partial charge in [-0.3, -0.25) is 4.79 Å². The summed E-state index contributed by atoms with van der Waals surface area (Å²) in [4.78, 5) is 22.8. The molecule has 3 aromatic rings. The van der Waals surface area contributed by atoms with Crippen molar-refractivity contribution in [2.45, 2.75) is 51.0 Å². The number of rotatable bonds is 5. The molecule has 1 aliphatic carbocycles. The van der Waals surface area contributed by atoms with Gasteiger partial charge in [-0.2, -0.15) is 0 Å². The Hall–Kier alpha value is -2.74. The fraction of sp³-hybridized carbons (Fsp3) is 0.440. The van der Waals surface area contributed by atoms with Gasteiger partial charge < -0.3 is 25.0 Å². The average molecular weight is 435 g/mol. The van der Waals surface area contributed by atoms with Crippen molar-refractivity contribution in [1.82, 2.24) is 20.2 Å². The van der Waals surface area contributed by atoms with Crippen LogP contribution in [0.15, 0.2) is 30.6 Å². The van der Waals surface area contributed by atoms with E-state index in [0.29, 0.717) is 17.8 Å². The van der Waals surface area contributed by atoms with Crippen LogP contribution in [0.1, 0.15) is 46.3 Å². The Balaban J connectivity index is 1.51. The third-order valence-corrected chi connectivity index (χ3v) is 6.59. The molecule has 3 heterocycles. The minimum atomic E-state index is -0.465. The SMILES string of the molecule is CN(C)Cc1cc(-c2cnc3[nH]cc(C(=O)NC4CCCC4O)c3c2)cc2c1COCC2. The van der Waals surface area contributed by atoms with Crippen LogP contribution in [0.2, 0.25) is 0 Å². The van der Waals surface area contributed by atoms with E-state index in [0.717, 1.165) is 55.3 Å². The Labute approximate surface area is 187 Å². The van der Waals surface area contributed by atoms with E-state index in [2.05, 4.69) is 46.4 Å². The molecular weight excluding hydrogens is 404 g/mol. The number of nitrogens with one attached hydrogen (secondary N) is 2. The summed E-state index contributed by atoms with van der Waals surface area (Å²) in [5.74, 6) is -0.169. The first-order valence-corrected chi connectivity index (χ1v) is 11.3. The number of benzene rings is 1. The summed E-state index contributed by atoms with van der Waals surface area (Å²) in [7, 11) is 4.14. The topological polar surface area (TPSA) is 90.5 Å². The average Bonchev–Trinajstić information content (AvgIpc) is 3.38. The van der Waals surface area contributed by atoms with Crippen molar-refractivity contribution in [2.75, 3.05) is 20.7 Å². The van der Waals surface area contributed by atoms with Gasteiger partial charge in [0.05, 0.1) is 30.9 Å². The number of fused-ring (bicyclic) bond motifs is 2. The molecule has 1 aliphatic heterocycles. The maximum Gasteiger partial charge on any atom is 0.253 e. The van der Waals surface area contributed by atoms with Crippen molar-refractivity contribution < 1.29 is 14.6 Å². The lowest BCUT2D eigenvalue weighted by molar-refractivity contribution is 0.0875. The third kappa shape index (κ3) is 4.03. The molecular formula is C25H30N4O3. The van der Waals surface area contributed by atoms with E-state index in [4.69, 9.17) is 4.74 Å². The number of carbonyl (C=O) groups excluding carboxylic acids is 1. The number of H-pyrrole nitrogens is 1. The van der Waals surface area contributed by atoms with Crippen molar-refractivity contribution in [3.63, 3.8) is 0 Å². The highest BCUT2D eigenvalue weighted by atomic mass is 16.5. The molecule has 2 unspecified atom stereocenters. The standard InChI is InChI=1S/C25H30N4O3/c1-29(2)13-18-9-16(8-15-6-7-32-14-21(15)18)17-10-19-20(12-27-24(19)26-11-17)25(31)28-22-4-3-5-23(22)30/h8-12,22-23,30H,3-7,13-14H2,1-2H3,(H,26,27)(H,28,31). The minimum Gasteiger partial charge on any atom is -0.391 e. The molecule has 0 saturated heterocycles. The normalized spacial score (nSPS) is 20.6. The molecule has 0 bridgehead atoms. The van der Waals surface area contributed by atoms with Crippen LogP contribution in [-0.2, 0) is 24.3 Å². The Kier molecular flexibility index (Phi) is 5.71. The number of hydrogen-bond donors (Lipinski definition) is 3. The number of aliphatic hydroxyl groups excluding tert-OH is 1. The van der Waals surface area contributed by atoms with Crippen molar-refractivity contribution in [3.8, 4) is 11.1 Å². The molecule has 7 nitrogen and oxygen atoms in total. The van der Waals surface area contributed by atoms with Crippen molar-refractivity contribution in [1.29, 1.82) is 0 Å². The van der Waals surface area contributed by atoms with Gasteiger partial charge in [0, 0.05) is 29.9 Å². The van der Waals surface area contributed by atoms with Gasteiger partial charge in [0.25, 0.3) is 5.91 Å². The van der Waals surface area contributed by atoms with Crippen LogP contribution in [0, 0.1) is 0 Å². The molecule has 2 atom stereocenters. The summed E-state index contributed by atoms with van der Waals surface area (Å²) in [5, 5.41) is 13.9. The third-order valence-electron chi connectivity index (χ3n) is 6.59. The van der Waals surface area contributed by atoms with Crippen LogP contribution in [-0.4, -0.2) is 58.7 Å². The van der Waals surface area contributed by atoms with Gasteiger partial charge in [-0.25, -0.2) is 4.98 Å². The molecule has 3 N–H and O–H groups in total. The van der Waals surface area contributed by atoms with Crippen LogP contribution in [0.4, 0.5) is 0 Å². The zero-order valence-electron chi connectivity index (χ0n) is 18.6. The highest BCUT2D eigenvalue weighted by molar-refractivity contribution is 6.06. The highest BCUT2D eigenvalue weighted by Gasteiger charge is 2.27. The van der Waals surface area contributed by atoms with E-state index in [1.165, 1.54) is 16.7 Å². The monoisotopic (exact) mass is 434 g/mol. The molecule has 1 aromatic carbocycles. The lowest BCUT2D eigenvalue weighted by atomic mass is 9.92. The van der Waals surface area contributed by atoms with Gasteiger partial charge in [0.15, 0.2) is 0 Å². The van der Waals surface area contributed by atoms with Crippen molar-refractivity contribution in [2.24, 2.45) is 0 Å². The number of pyridine rings is 1. The lowest BCUT2D eigenvalue weighted by Crippen LogP contribution is -2.39. The Morgan fingerprint density at radius 1 is 1.28 bits per heavy atom. The van der Waals surface area contributed by atoms with Crippen LogP contribution in [0.25, 0.3) is 22.2 Å². The number of nitrogens with zero attached hydrogens (tertiary/aromatic N) is 2. The molecule has 1 amide bonds. The second kappa shape index (κ2) is 8.65. The molecule has 0 radical (unpaired) electrons. The first-order valence-electron chi connectivity index (χ1n) is 11.3. The number of aromatic amines is 1. The zero-order valence-corrected chi connectivity index (χ0v) is 18.6. The summed E-state index contributed by atoms with van der Waals surface area (Å²) in [6, 6.07) is 6.32. The van der Waals surface area contributed by atoms with Crippen LogP contribution in [0.5, 0.6) is 0 Å². The van der Waals surface area contributed by atoms with Gasteiger partial charge >= 0.3 is 0 Å². The molecule has 1 fully saturated rings. The Morgan fingerprint density at radius 2 is 2.16 bits per heavy atom. The van der Waals surface area contributed by atoms with Gasteiger partial charge in [-0.05, 0) is 74.2 Å². The van der Waals surface area contributed by atoms with Gasteiger partial charge in [-0.15, -0.1) is 0 Å². The zero-order chi connectivity index (χ0) is 22.2. The smallest absolute Gasteiger partial charge is 0.253 e. The molecule has 1 saturated carbocycles. The molecule has 32 heavy (non-hydrogen) atoms. The quantitative estimate of drug-likeness (QED) is 0.574. The van der Waals surface area contributed by atoms with Crippen LogP contribution < -0.4 is 5.32 Å². The fourth-order valence-electron chi connectivity index (χ4n) is 4.91. The van der Waals surface area contributed by atoms with E-state index < -0.39 is 6.10 Å². The second-order valence-corrected chi connectivity index (χ2v) is 9.21. The van der Waals surface area contributed by atoms with E-state index in [-0.39, 0.29) is 11.9 Å². The van der Waals surface area contributed by atoms with E-state index >= 15 is 0 Å². The van der Waals surface area contributed by atoms with Gasteiger partial charge in [0.2, 0.25) is 0 Å². The van der Waals surface area contributed by atoms with Gasteiger partial charge in [-0.1, -0.05) is 6.07 Å². The summed E-state index contributed by atoms with van der Waals surface area (Å²) >= 11 is 0. The Bertz CT molecular complexity index is 1150. The second-order valence-electron chi connectivity index (χ2n) is 9.21. The number of ether oxygens (including phenoxy) is 1. The van der Waals surface area contributed by atoms with E-state index in [1.807, 2.05) is 12.3 Å².